The minimum Gasteiger partial charge on any atom is -0.336 e. The molecule has 27 heavy (non-hydrogen) atoms. The molecule has 0 saturated carbocycles. The summed E-state index contributed by atoms with van der Waals surface area (Å²) in [6.45, 7) is 5.95. The van der Waals surface area contributed by atoms with Crippen LogP contribution in [0, 0.1) is 11.7 Å². The van der Waals surface area contributed by atoms with E-state index in [9.17, 15) is 14.0 Å². The van der Waals surface area contributed by atoms with Crippen molar-refractivity contribution >= 4 is 5.91 Å². The molecule has 1 unspecified atom stereocenters. The van der Waals surface area contributed by atoms with Gasteiger partial charge in [0.15, 0.2) is 0 Å². The number of nitrogens with zero attached hydrogens (tertiary/aromatic N) is 3. The molecular weight excluding hydrogens is 349 g/mol. The van der Waals surface area contributed by atoms with Gasteiger partial charge in [0.05, 0.1) is 0 Å². The van der Waals surface area contributed by atoms with Gasteiger partial charge in [-0.25, -0.2) is 14.3 Å². The van der Waals surface area contributed by atoms with Crippen LogP contribution in [0.3, 0.4) is 0 Å². The van der Waals surface area contributed by atoms with Gasteiger partial charge in [0.2, 0.25) is 5.82 Å². The number of nitrogens with one attached hydrogen (secondary N) is 2. The van der Waals surface area contributed by atoms with Gasteiger partial charge in [-0.1, -0.05) is 12.1 Å². The topological polar surface area (TPSA) is 85.1 Å². The van der Waals surface area contributed by atoms with E-state index >= 15 is 0 Å². The van der Waals surface area contributed by atoms with Crippen molar-refractivity contribution in [2.24, 2.45) is 5.92 Å². The average molecular weight is 375 g/mol. The molecule has 2 N–H and O–H groups in total. The molecule has 1 aliphatic heterocycles. The van der Waals surface area contributed by atoms with Gasteiger partial charge in [-0.05, 0) is 56.3 Å². The van der Waals surface area contributed by atoms with Crippen molar-refractivity contribution < 1.29 is 9.18 Å². The summed E-state index contributed by atoms with van der Waals surface area (Å²) < 4.78 is 13.3. The van der Waals surface area contributed by atoms with E-state index in [-0.39, 0.29) is 17.5 Å². The van der Waals surface area contributed by atoms with Gasteiger partial charge in [0.25, 0.3) is 5.91 Å². The number of amides is 1. The molecule has 0 radical (unpaired) electrons. The molecule has 1 aliphatic rings. The molecule has 1 aromatic heterocycles. The Hall–Kier alpha value is -2.48. The molecule has 1 fully saturated rings. The maximum absolute atomic E-state index is 13.3. The number of benzene rings is 1. The van der Waals surface area contributed by atoms with Crippen LogP contribution in [-0.4, -0.2) is 63.6 Å². The fraction of sp³-hybridized carbons (Fsp3) is 0.526. The number of halogens is 1. The minimum absolute atomic E-state index is 0.0561. The highest BCUT2D eigenvalue weighted by Gasteiger charge is 2.25. The van der Waals surface area contributed by atoms with Crippen molar-refractivity contribution in [3.63, 3.8) is 0 Å². The predicted molar refractivity (Wildman–Crippen MR) is 100 cm³/mol. The monoisotopic (exact) mass is 375 g/mol. The van der Waals surface area contributed by atoms with Crippen molar-refractivity contribution in [2.75, 3.05) is 32.7 Å². The summed E-state index contributed by atoms with van der Waals surface area (Å²) in [5, 5.41) is 5.97. The van der Waals surface area contributed by atoms with Gasteiger partial charge in [0, 0.05) is 26.2 Å². The van der Waals surface area contributed by atoms with Crippen LogP contribution in [0.15, 0.2) is 29.1 Å². The van der Waals surface area contributed by atoms with Gasteiger partial charge in [0.1, 0.15) is 5.82 Å². The third kappa shape index (κ3) is 5.26. The molecule has 0 spiro atoms. The highest BCUT2D eigenvalue weighted by atomic mass is 19.1. The second kappa shape index (κ2) is 8.94. The lowest BCUT2D eigenvalue weighted by Gasteiger charge is -2.35. The van der Waals surface area contributed by atoms with Crippen LogP contribution in [0.5, 0.6) is 0 Å². The Morgan fingerprint density at radius 3 is 3.00 bits per heavy atom. The van der Waals surface area contributed by atoms with Crippen molar-refractivity contribution in [1.82, 2.24) is 25.0 Å². The molecule has 1 saturated heterocycles. The van der Waals surface area contributed by atoms with Crippen molar-refractivity contribution in [3.8, 4) is 0 Å². The van der Waals surface area contributed by atoms with Crippen molar-refractivity contribution in [1.29, 1.82) is 0 Å². The molecule has 0 bridgehead atoms. The molecule has 3 rings (SSSR count). The Labute approximate surface area is 157 Å². The Morgan fingerprint density at radius 2 is 2.30 bits per heavy atom. The number of aromatic amines is 2. The summed E-state index contributed by atoms with van der Waals surface area (Å²) in [6.07, 6.45) is 2.96. The number of hydrogen-bond donors (Lipinski definition) is 2. The van der Waals surface area contributed by atoms with E-state index < -0.39 is 5.69 Å². The van der Waals surface area contributed by atoms with Crippen LogP contribution in [0.4, 0.5) is 4.39 Å². The fourth-order valence-corrected chi connectivity index (χ4v) is 3.67. The second-order valence-electron chi connectivity index (χ2n) is 7.06. The van der Waals surface area contributed by atoms with Gasteiger partial charge < -0.3 is 9.80 Å². The van der Waals surface area contributed by atoms with E-state index in [0.29, 0.717) is 19.0 Å². The van der Waals surface area contributed by atoms with E-state index in [1.165, 1.54) is 6.07 Å². The first-order chi connectivity index (χ1) is 13.0. The number of H-pyrrole nitrogens is 2. The van der Waals surface area contributed by atoms with E-state index in [4.69, 9.17) is 0 Å². The third-order valence-corrected chi connectivity index (χ3v) is 5.06. The Balaban J connectivity index is 1.53. The highest BCUT2D eigenvalue weighted by Crippen LogP contribution is 2.19. The molecule has 2 aromatic rings. The minimum atomic E-state index is -0.476. The third-order valence-electron chi connectivity index (χ3n) is 5.06. The zero-order valence-electron chi connectivity index (χ0n) is 15.6. The first kappa shape index (κ1) is 19.3. The summed E-state index contributed by atoms with van der Waals surface area (Å²) in [5.74, 6) is -0.0216. The van der Waals surface area contributed by atoms with E-state index in [1.807, 2.05) is 13.0 Å². The standard InChI is InChI=1S/C19H26FN5O2/c1-2-25(18(26)17-21-19(27)23-22-17)13-15-6-4-9-24(12-15)10-8-14-5-3-7-16(20)11-14/h3,5,7,11,15H,2,4,6,8-10,12-13H2,1H3,(H2,21,22,23,27). The zero-order valence-corrected chi connectivity index (χ0v) is 15.6. The largest absolute Gasteiger partial charge is 0.341 e. The molecule has 1 amide bonds. The maximum Gasteiger partial charge on any atom is 0.341 e. The number of aromatic nitrogens is 3. The molecule has 2 heterocycles. The number of carbonyl (C=O) groups excluding carboxylic acids is 1. The average Bonchev–Trinajstić information content (AvgIpc) is 3.11. The Morgan fingerprint density at radius 1 is 1.44 bits per heavy atom. The Bertz CT molecular complexity index is 818. The lowest BCUT2D eigenvalue weighted by molar-refractivity contribution is 0.0679. The molecule has 146 valence electrons. The summed E-state index contributed by atoms with van der Waals surface area (Å²) in [5.41, 5.74) is 0.528. The van der Waals surface area contributed by atoms with Crippen LogP contribution in [0.1, 0.15) is 35.9 Å². The Kier molecular flexibility index (Phi) is 6.39. The van der Waals surface area contributed by atoms with Crippen molar-refractivity contribution in [3.05, 3.63) is 52.0 Å². The number of carbonyl (C=O) groups is 1. The van der Waals surface area contributed by atoms with Crippen LogP contribution in [0.25, 0.3) is 0 Å². The SMILES string of the molecule is CCN(CC1CCCN(CCc2cccc(F)c2)C1)C(=O)c1n[nH]c(=O)[nH]1. The van der Waals surface area contributed by atoms with Crippen LogP contribution >= 0.6 is 0 Å². The summed E-state index contributed by atoms with van der Waals surface area (Å²) in [7, 11) is 0. The highest BCUT2D eigenvalue weighted by molar-refractivity contribution is 5.90. The lowest BCUT2D eigenvalue weighted by Crippen LogP contribution is -2.43. The first-order valence-corrected chi connectivity index (χ1v) is 9.46. The van der Waals surface area contributed by atoms with Gasteiger partial charge in [-0.3, -0.25) is 9.78 Å². The van der Waals surface area contributed by atoms with E-state index in [2.05, 4.69) is 20.1 Å². The van der Waals surface area contributed by atoms with Crippen LogP contribution in [0.2, 0.25) is 0 Å². The fourth-order valence-electron chi connectivity index (χ4n) is 3.67. The zero-order chi connectivity index (χ0) is 19.2. The number of piperidine rings is 1. The molecule has 0 aliphatic carbocycles. The number of hydrogen-bond acceptors (Lipinski definition) is 4. The normalized spacial score (nSPS) is 17.8. The van der Waals surface area contributed by atoms with E-state index in [0.717, 1.165) is 44.5 Å². The predicted octanol–water partition coefficient (Wildman–Crippen LogP) is 1.65. The van der Waals surface area contributed by atoms with Crippen molar-refractivity contribution in [2.45, 2.75) is 26.2 Å². The maximum atomic E-state index is 13.3. The van der Waals surface area contributed by atoms with Gasteiger partial charge >= 0.3 is 5.69 Å². The lowest BCUT2D eigenvalue weighted by atomic mass is 9.96. The second-order valence-corrected chi connectivity index (χ2v) is 7.06. The van der Waals surface area contributed by atoms with Crippen LogP contribution in [-0.2, 0) is 6.42 Å². The molecule has 1 aromatic carbocycles. The quantitative estimate of drug-likeness (QED) is 0.771. The number of likely N-dealkylation sites (tertiary alicyclic amines) is 1. The summed E-state index contributed by atoms with van der Waals surface area (Å²) in [4.78, 5) is 30.2. The molecule has 7 nitrogen and oxygen atoms in total. The van der Waals surface area contributed by atoms with E-state index in [1.54, 1.807) is 17.0 Å². The summed E-state index contributed by atoms with van der Waals surface area (Å²) in [6, 6.07) is 6.74. The van der Waals surface area contributed by atoms with Gasteiger partial charge in [-0.2, -0.15) is 0 Å². The smallest absolute Gasteiger partial charge is 0.336 e. The summed E-state index contributed by atoms with van der Waals surface area (Å²) >= 11 is 0. The van der Waals surface area contributed by atoms with Gasteiger partial charge in [-0.15, -0.1) is 5.10 Å². The molecule has 8 heteroatoms. The molecule has 1 atom stereocenters. The number of rotatable bonds is 7. The first-order valence-electron chi connectivity index (χ1n) is 9.46. The molecular formula is C19H26FN5O2. The van der Waals surface area contributed by atoms with Crippen LogP contribution < -0.4 is 5.69 Å².